The highest BCUT2D eigenvalue weighted by molar-refractivity contribution is 6.30. The molecule has 0 saturated heterocycles. The lowest BCUT2D eigenvalue weighted by molar-refractivity contribution is 0.299. The average molecular weight is 302 g/mol. The van der Waals surface area contributed by atoms with Crippen molar-refractivity contribution in [2.75, 3.05) is 11.9 Å². The smallest absolute Gasteiger partial charge is 0.153 e. The summed E-state index contributed by atoms with van der Waals surface area (Å²) in [6, 6.07) is 13.8. The summed E-state index contributed by atoms with van der Waals surface area (Å²) in [6.45, 7) is 0.771. The number of aliphatic hydroxyl groups excluding tert-OH is 1. The molecular formula is C16H16ClN3O. The van der Waals surface area contributed by atoms with E-state index < -0.39 is 0 Å². The number of anilines is 1. The minimum atomic E-state index is 0.171. The minimum absolute atomic E-state index is 0.171. The Kier molecular flexibility index (Phi) is 4.08. The third-order valence-corrected chi connectivity index (χ3v) is 3.70. The van der Waals surface area contributed by atoms with Crippen molar-refractivity contribution in [1.29, 1.82) is 0 Å². The van der Waals surface area contributed by atoms with Crippen LogP contribution >= 0.6 is 11.6 Å². The first-order valence-electron chi connectivity index (χ1n) is 6.83. The molecule has 0 bridgehead atoms. The van der Waals surface area contributed by atoms with Crippen LogP contribution in [0.5, 0.6) is 0 Å². The summed E-state index contributed by atoms with van der Waals surface area (Å²) in [6.07, 6.45) is 2.63. The van der Waals surface area contributed by atoms with Crippen molar-refractivity contribution in [2.24, 2.45) is 0 Å². The fourth-order valence-corrected chi connectivity index (χ4v) is 2.52. The van der Waals surface area contributed by atoms with Gasteiger partial charge in [0.2, 0.25) is 0 Å². The van der Waals surface area contributed by atoms with Crippen LogP contribution in [0.3, 0.4) is 0 Å². The second-order valence-corrected chi connectivity index (χ2v) is 5.16. The SMILES string of the molecule is OCCc1ccc(NCc2c(Cl)nc3ccccn23)cc1. The fraction of sp³-hybridized carbons (Fsp3) is 0.188. The van der Waals surface area contributed by atoms with Crippen molar-refractivity contribution in [3.63, 3.8) is 0 Å². The molecule has 0 atom stereocenters. The first kappa shape index (κ1) is 13.9. The van der Waals surface area contributed by atoms with Gasteiger partial charge in [-0.05, 0) is 36.2 Å². The molecule has 5 heteroatoms. The zero-order valence-electron chi connectivity index (χ0n) is 11.5. The van der Waals surface area contributed by atoms with Crippen molar-refractivity contribution >= 4 is 22.9 Å². The average Bonchev–Trinajstić information content (AvgIpc) is 2.82. The molecule has 0 aliphatic heterocycles. The molecule has 2 N–H and O–H groups in total. The molecule has 3 rings (SSSR count). The van der Waals surface area contributed by atoms with Gasteiger partial charge in [0.25, 0.3) is 0 Å². The Morgan fingerprint density at radius 3 is 2.71 bits per heavy atom. The second-order valence-electron chi connectivity index (χ2n) is 4.80. The normalized spacial score (nSPS) is 11.0. The van der Waals surface area contributed by atoms with E-state index in [9.17, 15) is 0 Å². The van der Waals surface area contributed by atoms with Gasteiger partial charge in [0.15, 0.2) is 5.15 Å². The highest BCUT2D eigenvalue weighted by Gasteiger charge is 2.09. The molecule has 3 aromatic rings. The standard InChI is InChI=1S/C16H16ClN3O/c17-16-14(20-9-2-1-3-15(20)19-16)11-18-13-6-4-12(5-7-13)8-10-21/h1-7,9,18,21H,8,10-11H2. The maximum absolute atomic E-state index is 8.91. The number of aromatic nitrogens is 2. The first-order valence-corrected chi connectivity index (χ1v) is 7.21. The predicted octanol–water partition coefficient (Wildman–Crippen LogP) is 3.13. The summed E-state index contributed by atoms with van der Waals surface area (Å²) >= 11 is 6.20. The van der Waals surface area contributed by atoms with Gasteiger partial charge in [0.05, 0.1) is 12.2 Å². The molecule has 0 fully saturated rings. The Bertz CT molecular complexity index is 737. The van der Waals surface area contributed by atoms with Gasteiger partial charge in [-0.1, -0.05) is 29.8 Å². The highest BCUT2D eigenvalue weighted by atomic mass is 35.5. The van der Waals surface area contributed by atoms with Crippen molar-refractivity contribution in [2.45, 2.75) is 13.0 Å². The highest BCUT2D eigenvalue weighted by Crippen LogP contribution is 2.19. The topological polar surface area (TPSA) is 49.6 Å². The lowest BCUT2D eigenvalue weighted by Crippen LogP contribution is -2.03. The van der Waals surface area contributed by atoms with Crippen LogP contribution in [-0.4, -0.2) is 21.1 Å². The Morgan fingerprint density at radius 2 is 1.95 bits per heavy atom. The summed E-state index contributed by atoms with van der Waals surface area (Å²) < 4.78 is 1.98. The number of hydrogen-bond donors (Lipinski definition) is 2. The molecule has 4 nitrogen and oxygen atoms in total. The molecule has 0 spiro atoms. The van der Waals surface area contributed by atoms with E-state index in [4.69, 9.17) is 16.7 Å². The zero-order valence-corrected chi connectivity index (χ0v) is 12.2. The van der Waals surface area contributed by atoms with Gasteiger partial charge in [-0.25, -0.2) is 4.98 Å². The molecule has 0 radical (unpaired) electrons. The molecular weight excluding hydrogens is 286 g/mol. The number of nitrogens with zero attached hydrogens (tertiary/aromatic N) is 2. The minimum Gasteiger partial charge on any atom is -0.396 e. The number of nitrogens with one attached hydrogen (secondary N) is 1. The maximum Gasteiger partial charge on any atom is 0.153 e. The molecule has 0 amide bonds. The molecule has 0 unspecified atom stereocenters. The largest absolute Gasteiger partial charge is 0.396 e. The van der Waals surface area contributed by atoms with Crippen LogP contribution < -0.4 is 5.32 Å². The van der Waals surface area contributed by atoms with E-state index in [2.05, 4.69) is 10.3 Å². The van der Waals surface area contributed by atoms with Crippen molar-refractivity contribution < 1.29 is 5.11 Å². The number of halogens is 1. The molecule has 21 heavy (non-hydrogen) atoms. The molecule has 0 aliphatic rings. The molecule has 1 aromatic carbocycles. The first-order chi connectivity index (χ1) is 10.3. The van der Waals surface area contributed by atoms with Crippen LogP contribution in [0, 0.1) is 0 Å². The third-order valence-electron chi connectivity index (χ3n) is 3.39. The van der Waals surface area contributed by atoms with E-state index in [0.29, 0.717) is 18.1 Å². The van der Waals surface area contributed by atoms with E-state index in [0.717, 1.165) is 22.6 Å². The van der Waals surface area contributed by atoms with Gasteiger partial charge in [-0.15, -0.1) is 0 Å². The van der Waals surface area contributed by atoms with E-state index in [1.54, 1.807) is 0 Å². The number of benzene rings is 1. The van der Waals surface area contributed by atoms with Gasteiger partial charge < -0.3 is 14.8 Å². The molecule has 108 valence electrons. The molecule has 2 heterocycles. The number of hydrogen-bond acceptors (Lipinski definition) is 3. The number of rotatable bonds is 5. The van der Waals surface area contributed by atoms with Crippen LogP contribution in [0.25, 0.3) is 5.65 Å². The van der Waals surface area contributed by atoms with Gasteiger partial charge in [-0.3, -0.25) is 0 Å². The predicted molar refractivity (Wildman–Crippen MR) is 84.8 cm³/mol. The quantitative estimate of drug-likeness (QED) is 0.761. The summed E-state index contributed by atoms with van der Waals surface area (Å²) in [4.78, 5) is 4.32. The van der Waals surface area contributed by atoms with Crippen molar-refractivity contribution in [3.05, 3.63) is 65.1 Å². The van der Waals surface area contributed by atoms with Crippen LogP contribution in [0.4, 0.5) is 5.69 Å². The Labute approximate surface area is 128 Å². The Hall–Kier alpha value is -2.04. The van der Waals surface area contributed by atoms with E-state index in [-0.39, 0.29) is 6.61 Å². The lowest BCUT2D eigenvalue weighted by atomic mass is 10.1. The third kappa shape index (κ3) is 3.01. The second kappa shape index (κ2) is 6.16. The van der Waals surface area contributed by atoms with Gasteiger partial charge in [-0.2, -0.15) is 0 Å². The fourth-order valence-electron chi connectivity index (χ4n) is 2.28. The van der Waals surface area contributed by atoms with Gasteiger partial charge in [0.1, 0.15) is 5.65 Å². The van der Waals surface area contributed by atoms with Gasteiger partial charge >= 0.3 is 0 Å². The van der Waals surface area contributed by atoms with E-state index >= 15 is 0 Å². The van der Waals surface area contributed by atoms with E-state index in [1.165, 1.54) is 0 Å². The molecule has 2 aromatic heterocycles. The van der Waals surface area contributed by atoms with Gasteiger partial charge in [0, 0.05) is 18.5 Å². The molecule has 0 saturated carbocycles. The maximum atomic E-state index is 8.91. The summed E-state index contributed by atoms with van der Waals surface area (Å²) in [7, 11) is 0. The summed E-state index contributed by atoms with van der Waals surface area (Å²) in [5.74, 6) is 0. The van der Waals surface area contributed by atoms with Crippen LogP contribution in [0.1, 0.15) is 11.3 Å². The van der Waals surface area contributed by atoms with Crippen LogP contribution in [-0.2, 0) is 13.0 Å². The van der Waals surface area contributed by atoms with Crippen LogP contribution in [0.15, 0.2) is 48.7 Å². The Morgan fingerprint density at radius 1 is 1.14 bits per heavy atom. The van der Waals surface area contributed by atoms with E-state index in [1.807, 2.05) is 53.1 Å². The number of fused-ring (bicyclic) bond motifs is 1. The number of pyridine rings is 1. The summed E-state index contributed by atoms with van der Waals surface area (Å²) in [5.41, 5.74) is 3.92. The number of imidazole rings is 1. The lowest BCUT2D eigenvalue weighted by Gasteiger charge is -2.08. The van der Waals surface area contributed by atoms with Crippen LogP contribution in [0.2, 0.25) is 5.15 Å². The monoisotopic (exact) mass is 301 g/mol. The summed E-state index contributed by atoms with van der Waals surface area (Å²) in [5, 5.41) is 12.8. The molecule has 0 aliphatic carbocycles. The van der Waals surface area contributed by atoms with Crippen molar-refractivity contribution in [3.8, 4) is 0 Å². The van der Waals surface area contributed by atoms with Crippen molar-refractivity contribution in [1.82, 2.24) is 9.38 Å². The Balaban J connectivity index is 1.75. The number of aliphatic hydroxyl groups is 1. The zero-order chi connectivity index (χ0) is 14.7.